The number of fused-ring (bicyclic) bond motifs is 1. The molecule has 2 aromatic rings. The molecule has 2 unspecified atom stereocenters. The molecule has 0 aliphatic carbocycles. The first-order valence-corrected chi connectivity index (χ1v) is 11.1. The summed E-state index contributed by atoms with van der Waals surface area (Å²) in [5.74, 6) is -0.611. The number of para-hydroxylation sites is 2. The highest BCUT2D eigenvalue weighted by atomic mass is 16.5. The summed E-state index contributed by atoms with van der Waals surface area (Å²) in [5.41, 5.74) is 10.3. The van der Waals surface area contributed by atoms with E-state index in [-0.39, 0.29) is 6.61 Å². The van der Waals surface area contributed by atoms with E-state index in [0.717, 1.165) is 19.3 Å². The Balaban J connectivity index is 2.08. The molecular weight excluding hydrogens is 396 g/mol. The number of hydrogen-bond acceptors (Lipinski definition) is 5. The van der Waals surface area contributed by atoms with Gasteiger partial charge < -0.3 is 10.1 Å². The van der Waals surface area contributed by atoms with Crippen LogP contribution >= 0.6 is 0 Å². The average Bonchev–Trinajstić information content (AvgIpc) is 3.20. The Morgan fingerprint density at radius 2 is 1.87 bits per heavy atom. The number of imidazole rings is 1. The van der Waals surface area contributed by atoms with Crippen molar-refractivity contribution in [1.82, 2.24) is 14.9 Å². The van der Waals surface area contributed by atoms with E-state index in [2.05, 4.69) is 27.3 Å². The van der Waals surface area contributed by atoms with Crippen molar-refractivity contribution in [1.29, 1.82) is 0 Å². The Labute approximate surface area is 182 Å². The van der Waals surface area contributed by atoms with Crippen LogP contribution in [0.5, 0.6) is 0 Å². The van der Waals surface area contributed by atoms with E-state index in [4.69, 9.17) is 10.3 Å². The molecule has 168 valence electrons. The van der Waals surface area contributed by atoms with E-state index in [9.17, 15) is 9.59 Å². The predicted molar refractivity (Wildman–Crippen MR) is 120 cm³/mol. The zero-order chi connectivity index (χ0) is 22.5. The summed E-state index contributed by atoms with van der Waals surface area (Å²) in [5, 5.41) is 6.51. The topological polar surface area (TPSA) is 122 Å². The lowest BCUT2D eigenvalue weighted by molar-refractivity contribution is -0.145. The third kappa shape index (κ3) is 7.29. The highest BCUT2D eigenvalue weighted by Crippen LogP contribution is 2.16. The molecule has 0 saturated heterocycles. The number of ether oxygens (including phenoxy) is 1. The van der Waals surface area contributed by atoms with Crippen LogP contribution in [0.15, 0.2) is 35.7 Å². The lowest BCUT2D eigenvalue weighted by Crippen LogP contribution is -2.50. The number of carbonyl (C=O) groups is 2. The maximum Gasteiger partial charge on any atom is 0.329 e. The Hall–Kier alpha value is -3.06. The van der Waals surface area contributed by atoms with Gasteiger partial charge in [-0.1, -0.05) is 69.1 Å². The van der Waals surface area contributed by atoms with Crippen LogP contribution in [0.25, 0.3) is 21.5 Å². The van der Waals surface area contributed by atoms with Gasteiger partial charge in [-0.3, -0.25) is 4.57 Å². The van der Waals surface area contributed by atoms with Gasteiger partial charge in [0, 0.05) is 4.91 Å². The fourth-order valence-corrected chi connectivity index (χ4v) is 3.54. The van der Waals surface area contributed by atoms with Crippen molar-refractivity contribution >= 4 is 23.0 Å². The molecule has 0 aliphatic rings. The van der Waals surface area contributed by atoms with E-state index >= 15 is 0 Å². The summed E-state index contributed by atoms with van der Waals surface area (Å²) in [6.45, 7) is 4.04. The highest BCUT2D eigenvalue weighted by Gasteiger charge is 2.31. The van der Waals surface area contributed by atoms with Crippen molar-refractivity contribution in [3.8, 4) is 0 Å². The van der Waals surface area contributed by atoms with Gasteiger partial charge in [0.05, 0.1) is 23.7 Å². The third-order valence-electron chi connectivity index (χ3n) is 5.18. The second-order valence-corrected chi connectivity index (χ2v) is 7.46. The molecule has 1 aromatic heterocycles. The average molecular weight is 429 g/mol. The quantitative estimate of drug-likeness (QED) is 0.152. The fraction of sp³-hybridized carbons (Fsp3) is 0.591. The van der Waals surface area contributed by atoms with Crippen LogP contribution in [-0.2, 0) is 9.53 Å². The fourth-order valence-electron chi connectivity index (χ4n) is 3.54. The molecule has 1 N–H and O–H groups in total. The lowest BCUT2D eigenvalue weighted by atomic mass is 10.0. The van der Waals surface area contributed by atoms with Gasteiger partial charge in [0.25, 0.3) is 0 Å². The molecule has 1 heterocycles. The summed E-state index contributed by atoms with van der Waals surface area (Å²) in [6.07, 6.45) is 9.61. The van der Waals surface area contributed by atoms with E-state index in [1.54, 1.807) is 25.1 Å². The van der Waals surface area contributed by atoms with Crippen LogP contribution in [0.1, 0.15) is 65.2 Å². The van der Waals surface area contributed by atoms with E-state index in [0.29, 0.717) is 17.5 Å². The molecule has 0 saturated carbocycles. The van der Waals surface area contributed by atoms with Crippen molar-refractivity contribution in [2.75, 3.05) is 6.61 Å². The first kappa shape index (κ1) is 24.2. The van der Waals surface area contributed by atoms with Crippen molar-refractivity contribution in [2.45, 2.75) is 77.3 Å². The summed E-state index contributed by atoms with van der Waals surface area (Å²) < 4.78 is 6.48. The number of nitrogens with zero attached hydrogens (tertiary/aromatic N) is 5. The van der Waals surface area contributed by atoms with Crippen LogP contribution in [0.2, 0.25) is 0 Å². The third-order valence-corrected chi connectivity index (χ3v) is 5.18. The minimum absolute atomic E-state index is 0.166. The maximum absolute atomic E-state index is 12.9. The summed E-state index contributed by atoms with van der Waals surface area (Å²) in [4.78, 5) is 32.6. The van der Waals surface area contributed by atoms with Gasteiger partial charge >= 0.3 is 12.0 Å². The van der Waals surface area contributed by atoms with Crippen molar-refractivity contribution in [3.63, 3.8) is 0 Å². The Kier molecular flexibility index (Phi) is 10.4. The van der Waals surface area contributed by atoms with Gasteiger partial charge in [-0.2, -0.15) is 0 Å². The van der Waals surface area contributed by atoms with Crippen molar-refractivity contribution in [2.24, 2.45) is 5.11 Å². The molecule has 1 aromatic carbocycles. The summed E-state index contributed by atoms with van der Waals surface area (Å²) in [7, 11) is 0. The molecule has 2 rings (SSSR count). The molecule has 2 atom stereocenters. The molecule has 9 nitrogen and oxygen atoms in total. The highest BCUT2D eigenvalue weighted by molar-refractivity contribution is 5.91. The van der Waals surface area contributed by atoms with E-state index in [1.807, 2.05) is 6.07 Å². The van der Waals surface area contributed by atoms with Gasteiger partial charge in [-0.15, -0.1) is 0 Å². The molecule has 0 aliphatic heterocycles. The number of aromatic nitrogens is 2. The molecule has 9 heteroatoms. The zero-order valence-electron chi connectivity index (χ0n) is 18.4. The zero-order valence-corrected chi connectivity index (χ0v) is 18.4. The number of unbranched alkanes of at least 4 members (excludes halogenated alkanes) is 6. The van der Waals surface area contributed by atoms with Crippen LogP contribution in [0.4, 0.5) is 4.79 Å². The van der Waals surface area contributed by atoms with E-state index in [1.165, 1.54) is 36.6 Å². The lowest BCUT2D eigenvalue weighted by Gasteiger charge is -2.23. The molecule has 0 bridgehead atoms. The van der Waals surface area contributed by atoms with Crippen LogP contribution in [0.3, 0.4) is 0 Å². The predicted octanol–water partition coefficient (Wildman–Crippen LogP) is 5.35. The number of nitrogens with one attached hydrogen (secondary N) is 1. The van der Waals surface area contributed by atoms with Crippen molar-refractivity contribution in [3.05, 3.63) is 41.0 Å². The minimum Gasteiger partial charge on any atom is -0.464 e. The Morgan fingerprint density at radius 3 is 2.58 bits per heavy atom. The summed E-state index contributed by atoms with van der Waals surface area (Å²) >= 11 is 0. The number of hydrogen-bond donors (Lipinski definition) is 1. The van der Waals surface area contributed by atoms with Crippen LogP contribution in [-0.4, -0.2) is 40.2 Å². The van der Waals surface area contributed by atoms with Crippen molar-refractivity contribution < 1.29 is 14.3 Å². The minimum atomic E-state index is -1.07. The molecule has 0 spiro atoms. The smallest absolute Gasteiger partial charge is 0.329 e. The number of esters is 1. The number of azide groups is 1. The SMILES string of the molecule is CCCCCCCCCC(N=[N+]=[N-])C(NC(=O)n1cnc2ccccc21)C(=O)OCC. The molecule has 1 amide bonds. The number of rotatable bonds is 13. The molecule has 0 fully saturated rings. The Bertz CT molecular complexity index is 890. The number of amides is 1. The van der Waals surface area contributed by atoms with Gasteiger partial charge in [0.15, 0.2) is 0 Å². The largest absolute Gasteiger partial charge is 0.464 e. The monoisotopic (exact) mass is 428 g/mol. The van der Waals surface area contributed by atoms with Gasteiger partial charge in [0.2, 0.25) is 0 Å². The molecule has 0 radical (unpaired) electrons. The Morgan fingerprint density at radius 1 is 1.16 bits per heavy atom. The van der Waals surface area contributed by atoms with Gasteiger partial charge in [-0.05, 0) is 31.0 Å². The number of benzene rings is 1. The first-order chi connectivity index (χ1) is 15.1. The van der Waals surface area contributed by atoms with Gasteiger partial charge in [-0.25, -0.2) is 14.6 Å². The van der Waals surface area contributed by atoms with E-state index < -0.39 is 24.1 Å². The summed E-state index contributed by atoms with van der Waals surface area (Å²) in [6, 6.07) is 4.89. The van der Waals surface area contributed by atoms with Gasteiger partial charge in [0.1, 0.15) is 12.4 Å². The maximum atomic E-state index is 12.9. The second-order valence-electron chi connectivity index (χ2n) is 7.46. The standard InChI is InChI=1S/C22H32N6O3/c1-3-5-6-7-8-9-10-14-18(26-27-23)20(21(29)31-4-2)25-22(30)28-16-24-17-13-11-12-15-19(17)28/h11-13,15-16,18,20H,3-10,14H2,1-2H3,(H,25,30). The molecular formula is C22H32N6O3. The first-order valence-electron chi connectivity index (χ1n) is 11.1. The normalized spacial score (nSPS) is 12.7. The molecule has 31 heavy (non-hydrogen) atoms. The second kappa shape index (κ2) is 13.3. The van der Waals surface area contributed by atoms with Crippen LogP contribution < -0.4 is 5.32 Å². The van der Waals surface area contributed by atoms with Crippen LogP contribution in [0, 0.1) is 0 Å². The number of carbonyl (C=O) groups excluding carboxylic acids is 2.